The third kappa shape index (κ3) is 3.01. The molecule has 0 amide bonds. The molecule has 17 heavy (non-hydrogen) atoms. The van der Waals surface area contributed by atoms with Gasteiger partial charge in [-0.3, -0.25) is 4.90 Å². The van der Waals surface area contributed by atoms with Crippen molar-refractivity contribution in [3.05, 3.63) is 0 Å². The van der Waals surface area contributed by atoms with Crippen molar-refractivity contribution < 1.29 is 5.11 Å². The maximum Gasteiger partial charge on any atom is 0.0613 e. The number of aliphatic hydroxyl groups excluding tert-OH is 1. The third-order valence-electron chi connectivity index (χ3n) is 4.60. The van der Waals surface area contributed by atoms with Gasteiger partial charge in [0.05, 0.1) is 6.61 Å². The SMILES string of the molecule is CC(C)N1CCCCC1CC1(CO)CCCN1. The summed E-state index contributed by atoms with van der Waals surface area (Å²) in [6, 6.07) is 1.30. The van der Waals surface area contributed by atoms with Crippen LogP contribution in [0.3, 0.4) is 0 Å². The zero-order valence-corrected chi connectivity index (χ0v) is 11.4. The van der Waals surface area contributed by atoms with Gasteiger partial charge in [-0.05, 0) is 59.0 Å². The van der Waals surface area contributed by atoms with Crippen molar-refractivity contribution in [2.45, 2.75) is 70.0 Å². The van der Waals surface area contributed by atoms with Crippen molar-refractivity contribution in [1.29, 1.82) is 0 Å². The number of aliphatic hydroxyl groups is 1. The average Bonchev–Trinajstić information content (AvgIpc) is 2.79. The minimum atomic E-state index is 0.0230. The Labute approximate surface area is 106 Å². The second-order valence-electron chi connectivity index (χ2n) is 6.15. The molecule has 3 heteroatoms. The van der Waals surface area contributed by atoms with E-state index in [0.717, 1.165) is 19.4 Å². The van der Waals surface area contributed by atoms with Crippen molar-refractivity contribution >= 4 is 0 Å². The number of likely N-dealkylation sites (tertiary alicyclic amines) is 1. The quantitative estimate of drug-likeness (QED) is 0.786. The molecule has 0 aromatic carbocycles. The number of piperidine rings is 1. The van der Waals surface area contributed by atoms with E-state index >= 15 is 0 Å². The van der Waals surface area contributed by atoms with Gasteiger partial charge in [0.25, 0.3) is 0 Å². The Morgan fingerprint density at radius 3 is 2.76 bits per heavy atom. The molecular formula is C14H28N2O. The first-order valence-electron chi connectivity index (χ1n) is 7.28. The first-order chi connectivity index (χ1) is 8.17. The fourth-order valence-electron chi connectivity index (χ4n) is 3.62. The van der Waals surface area contributed by atoms with E-state index < -0.39 is 0 Å². The van der Waals surface area contributed by atoms with Gasteiger partial charge in [0.2, 0.25) is 0 Å². The maximum absolute atomic E-state index is 9.69. The first kappa shape index (κ1) is 13.3. The Kier molecular flexibility index (Phi) is 4.45. The second kappa shape index (κ2) is 5.68. The van der Waals surface area contributed by atoms with Crippen molar-refractivity contribution in [1.82, 2.24) is 10.2 Å². The minimum Gasteiger partial charge on any atom is -0.394 e. The number of rotatable bonds is 4. The molecule has 0 bridgehead atoms. The topological polar surface area (TPSA) is 35.5 Å². The zero-order valence-electron chi connectivity index (χ0n) is 11.4. The summed E-state index contributed by atoms with van der Waals surface area (Å²) >= 11 is 0. The van der Waals surface area contributed by atoms with E-state index in [1.54, 1.807) is 0 Å². The normalized spacial score (nSPS) is 35.6. The summed E-state index contributed by atoms with van der Waals surface area (Å²) < 4.78 is 0. The molecule has 0 aromatic heterocycles. The molecule has 0 aromatic rings. The molecule has 100 valence electrons. The van der Waals surface area contributed by atoms with Gasteiger partial charge in [-0.25, -0.2) is 0 Å². The van der Waals surface area contributed by atoms with E-state index in [2.05, 4.69) is 24.1 Å². The Bertz CT molecular complexity index is 236. The summed E-state index contributed by atoms with van der Waals surface area (Å²) in [6.45, 7) is 7.21. The van der Waals surface area contributed by atoms with E-state index in [9.17, 15) is 5.11 Å². The molecular weight excluding hydrogens is 212 g/mol. The maximum atomic E-state index is 9.69. The van der Waals surface area contributed by atoms with Gasteiger partial charge in [-0.15, -0.1) is 0 Å². The van der Waals surface area contributed by atoms with Crippen LogP contribution in [0.5, 0.6) is 0 Å². The fourth-order valence-corrected chi connectivity index (χ4v) is 3.62. The van der Waals surface area contributed by atoms with Gasteiger partial charge in [-0.1, -0.05) is 6.42 Å². The van der Waals surface area contributed by atoms with E-state index in [4.69, 9.17) is 0 Å². The zero-order chi connectivity index (χ0) is 12.3. The minimum absolute atomic E-state index is 0.0230. The fraction of sp³-hybridized carbons (Fsp3) is 1.00. The van der Waals surface area contributed by atoms with Gasteiger partial charge in [0.1, 0.15) is 0 Å². The number of hydrogen-bond acceptors (Lipinski definition) is 3. The van der Waals surface area contributed by atoms with Crippen molar-refractivity contribution in [2.24, 2.45) is 0 Å². The van der Waals surface area contributed by atoms with Crippen LogP contribution in [0.2, 0.25) is 0 Å². The Balaban J connectivity index is 1.99. The van der Waals surface area contributed by atoms with Gasteiger partial charge in [0, 0.05) is 17.6 Å². The molecule has 0 saturated carbocycles. The highest BCUT2D eigenvalue weighted by Crippen LogP contribution is 2.31. The highest BCUT2D eigenvalue weighted by atomic mass is 16.3. The van der Waals surface area contributed by atoms with Gasteiger partial charge >= 0.3 is 0 Å². The predicted octanol–water partition coefficient (Wildman–Crippen LogP) is 1.75. The Hall–Kier alpha value is -0.120. The lowest BCUT2D eigenvalue weighted by Gasteiger charge is -2.43. The van der Waals surface area contributed by atoms with E-state index in [0.29, 0.717) is 18.7 Å². The molecule has 2 heterocycles. The van der Waals surface area contributed by atoms with Crippen LogP contribution in [-0.2, 0) is 0 Å². The molecule has 2 N–H and O–H groups in total. The van der Waals surface area contributed by atoms with Crippen LogP contribution in [0, 0.1) is 0 Å². The summed E-state index contributed by atoms with van der Waals surface area (Å²) in [7, 11) is 0. The summed E-state index contributed by atoms with van der Waals surface area (Å²) in [4.78, 5) is 2.64. The van der Waals surface area contributed by atoms with Crippen LogP contribution in [0.1, 0.15) is 52.4 Å². The molecule has 3 nitrogen and oxygen atoms in total. The van der Waals surface area contributed by atoms with Crippen molar-refractivity contribution in [3.63, 3.8) is 0 Å². The van der Waals surface area contributed by atoms with Crippen LogP contribution < -0.4 is 5.32 Å². The largest absolute Gasteiger partial charge is 0.394 e. The standard InChI is InChI=1S/C14H28N2O/c1-12(2)16-9-4-3-6-13(16)10-14(11-17)7-5-8-15-14/h12-13,15,17H,3-11H2,1-2H3. The molecule has 0 radical (unpaired) electrons. The van der Waals surface area contributed by atoms with Crippen LogP contribution in [0.25, 0.3) is 0 Å². The lowest BCUT2D eigenvalue weighted by Crippen LogP contribution is -2.52. The predicted molar refractivity (Wildman–Crippen MR) is 71.2 cm³/mol. The second-order valence-corrected chi connectivity index (χ2v) is 6.15. The molecule has 0 aliphatic carbocycles. The molecule has 2 aliphatic heterocycles. The summed E-state index contributed by atoms with van der Waals surface area (Å²) in [5.74, 6) is 0. The molecule has 2 saturated heterocycles. The number of nitrogens with zero attached hydrogens (tertiary/aromatic N) is 1. The lowest BCUT2D eigenvalue weighted by atomic mass is 9.85. The molecule has 2 aliphatic rings. The van der Waals surface area contributed by atoms with Crippen LogP contribution in [0.4, 0.5) is 0 Å². The van der Waals surface area contributed by atoms with Crippen molar-refractivity contribution in [2.75, 3.05) is 19.7 Å². The Morgan fingerprint density at radius 2 is 2.18 bits per heavy atom. The van der Waals surface area contributed by atoms with Gasteiger partial charge in [-0.2, -0.15) is 0 Å². The molecule has 2 unspecified atom stereocenters. The van der Waals surface area contributed by atoms with Gasteiger partial charge in [0.15, 0.2) is 0 Å². The van der Waals surface area contributed by atoms with Crippen LogP contribution in [-0.4, -0.2) is 47.3 Å². The van der Waals surface area contributed by atoms with Crippen LogP contribution in [0.15, 0.2) is 0 Å². The molecule has 2 rings (SSSR count). The third-order valence-corrected chi connectivity index (χ3v) is 4.60. The molecule has 2 atom stereocenters. The molecule has 2 fully saturated rings. The number of hydrogen-bond donors (Lipinski definition) is 2. The summed E-state index contributed by atoms with van der Waals surface area (Å²) in [5.41, 5.74) is 0.0230. The smallest absolute Gasteiger partial charge is 0.0613 e. The average molecular weight is 240 g/mol. The van der Waals surface area contributed by atoms with Crippen LogP contribution >= 0.6 is 0 Å². The van der Waals surface area contributed by atoms with E-state index in [-0.39, 0.29) is 5.54 Å². The van der Waals surface area contributed by atoms with Crippen molar-refractivity contribution in [3.8, 4) is 0 Å². The number of nitrogens with one attached hydrogen (secondary N) is 1. The first-order valence-corrected chi connectivity index (χ1v) is 7.28. The summed E-state index contributed by atoms with van der Waals surface area (Å²) in [6.07, 6.45) is 7.49. The van der Waals surface area contributed by atoms with E-state index in [1.165, 1.54) is 32.2 Å². The highest BCUT2D eigenvalue weighted by molar-refractivity contribution is 4.97. The van der Waals surface area contributed by atoms with E-state index in [1.807, 2.05) is 0 Å². The monoisotopic (exact) mass is 240 g/mol. The summed E-state index contributed by atoms with van der Waals surface area (Å²) in [5, 5.41) is 13.2. The molecule has 0 spiro atoms. The lowest BCUT2D eigenvalue weighted by molar-refractivity contribution is 0.0646. The highest BCUT2D eigenvalue weighted by Gasteiger charge is 2.37. The van der Waals surface area contributed by atoms with Gasteiger partial charge < -0.3 is 10.4 Å². The Morgan fingerprint density at radius 1 is 1.35 bits per heavy atom.